The van der Waals surface area contributed by atoms with Crippen molar-refractivity contribution in [1.82, 2.24) is 5.32 Å². The van der Waals surface area contributed by atoms with Crippen molar-refractivity contribution < 1.29 is 9.53 Å². The minimum absolute atomic E-state index is 0.0378. The molecule has 5 heteroatoms. The van der Waals surface area contributed by atoms with Crippen molar-refractivity contribution in [2.45, 2.75) is 45.8 Å². The summed E-state index contributed by atoms with van der Waals surface area (Å²) in [5, 5.41) is 2.83. The van der Waals surface area contributed by atoms with E-state index in [2.05, 4.69) is 21.2 Å². The second-order valence-electron chi connectivity index (χ2n) is 4.98. The number of amides is 1. The number of benzene rings is 1. The minimum atomic E-state index is -0.519. The summed E-state index contributed by atoms with van der Waals surface area (Å²) >= 11 is 3.44. The molecule has 0 aliphatic heterocycles. The fourth-order valence-electron chi connectivity index (χ4n) is 1.81. The van der Waals surface area contributed by atoms with Crippen LogP contribution in [0.25, 0.3) is 0 Å². The Morgan fingerprint density at radius 1 is 1.45 bits per heavy atom. The topological polar surface area (TPSA) is 64.3 Å². The van der Waals surface area contributed by atoms with Gasteiger partial charge in [-0.1, -0.05) is 22.9 Å². The zero-order chi connectivity index (χ0) is 15.1. The van der Waals surface area contributed by atoms with Crippen molar-refractivity contribution in [2.24, 2.45) is 5.73 Å². The molecular weight excluding hydrogens is 320 g/mol. The lowest BCUT2D eigenvalue weighted by Crippen LogP contribution is -2.36. The standard InChI is InChI=1S/C15H23BrN2O2/c1-4-7-18-15(19)11(3)20-14-6-5-13(16)9-12(14)8-10(2)17/h5-6,9-11H,4,7-8,17H2,1-3H3,(H,18,19). The van der Waals surface area contributed by atoms with E-state index in [1.165, 1.54) is 0 Å². The van der Waals surface area contributed by atoms with Crippen LogP contribution in [0.2, 0.25) is 0 Å². The molecule has 1 aromatic carbocycles. The van der Waals surface area contributed by atoms with Gasteiger partial charge >= 0.3 is 0 Å². The van der Waals surface area contributed by atoms with Gasteiger partial charge in [0.25, 0.3) is 5.91 Å². The van der Waals surface area contributed by atoms with Crippen molar-refractivity contribution in [3.63, 3.8) is 0 Å². The van der Waals surface area contributed by atoms with Gasteiger partial charge in [-0.2, -0.15) is 0 Å². The van der Waals surface area contributed by atoms with Crippen LogP contribution in [-0.4, -0.2) is 24.6 Å². The maximum atomic E-state index is 11.8. The number of hydrogen-bond donors (Lipinski definition) is 2. The first kappa shape index (κ1) is 17.0. The van der Waals surface area contributed by atoms with Gasteiger partial charge in [0, 0.05) is 17.1 Å². The van der Waals surface area contributed by atoms with Gasteiger partial charge in [0.2, 0.25) is 0 Å². The lowest BCUT2D eigenvalue weighted by Gasteiger charge is -2.18. The monoisotopic (exact) mass is 342 g/mol. The maximum Gasteiger partial charge on any atom is 0.260 e. The first-order valence-electron chi connectivity index (χ1n) is 6.92. The van der Waals surface area contributed by atoms with Crippen LogP contribution >= 0.6 is 15.9 Å². The van der Waals surface area contributed by atoms with E-state index in [1.54, 1.807) is 6.92 Å². The summed E-state index contributed by atoms with van der Waals surface area (Å²) < 4.78 is 6.75. The number of nitrogens with two attached hydrogens (primary N) is 1. The molecular formula is C15H23BrN2O2. The highest BCUT2D eigenvalue weighted by Crippen LogP contribution is 2.25. The van der Waals surface area contributed by atoms with Crippen LogP contribution in [0, 0.1) is 0 Å². The van der Waals surface area contributed by atoms with Crippen LogP contribution in [0.4, 0.5) is 0 Å². The molecule has 1 rings (SSSR count). The largest absolute Gasteiger partial charge is 0.481 e. The zero-order valence-corrected chi connectivity index (χ0v) is 13.9. The van der Waals surface area contributed by atoms with Crippen molar-refractivity contribution >= 4 is 21.8 Å². The summed E-state index contributed by atoms with van der Waals surface area (Å²) in [5.74, 6) is 0.617. The van der Waals surface area contributed by atoms with Gasteiger partial charge in [-0.05, 0) is 50.5 Å². The fourth-order valence-corrected chi connectivity index (χ4v) is 2.21. The maximum absolute atomic E-state index is 11.8. The molecule has 1 aromatic rings. The molecule has 0 fully saturated rings. The van der Waals surface area contributed by atoms with E-state index in [1.807, 2.05) is 32.0 Å². The molecule has 3 N–H and O–H groups in total. The third-order valence-electron chi connectivity index (χ3n) is 2.79. The summed E-state index contributed by atoms with van der Waals surface area (Å²) in [5.41, 5.74) is 6.85. The van der Waals surface area contributed by atoms with Gasteiger partial charge in [0.1, 0.15) is 5.75 Å². The molecule has 4 nitrogen and oxygen atoms in total. The van der Waals surface area contributed by atoms with Crippen molar-refractivity contribution in [1.29, 1.82) is 0 Å². The SMILES string of the molecule is CCCNC(=O)C(C)Oc1ccc(Br)cc1CC(C)N. The molecule has 20 heavy (non-hydrogen) atoms. The van der Waals surface area contributed by atoms with Gasteiger partial charge in [0.05, 0.1) is 0 Å². The molecule has 2 atom stereocenters. The molecule has 0 heterocycles. The predicted molar refractivity (Wildman–Crippen MR) is 84.9 cm³/mol. The van der Waals surface area contributed by atoms with Crippen molar-refractivity contribution in [3.05, 3.63) is 28.2 Å². The molecule has 0 aliphatic rings. The second kappa shape index (κ2) is 8.27. The highest BCUT2D eigenvalue weighted by Gasteiger charge is 2.16. The van der Waals surface area contributed by atoms with Gasteiger partial charge in [-0.25, -0.2) is 0 Å². The smallest absolute Gasteiger partial charge is 0.260 e. The number of ether oxygens (including phenoxy) is 1. The van der Waals surface area contributed by atoms with E-state index < -0.39 is 6.10 Å². The molecule has 112 valence electrons. The average Bonchev–Trinajstić information content (AvgIpc) is 2.38. The Bertz CT molecular complexity index is 449. The van der Waals surface area contributed by atoms with Gasteiger partial charge in [-0.15, -0.1) is 0 Å². The normalized spacial score (nSPS) is 13.7. The molecule has 0 bridgehead atoms. The van der Waals surface area contributed by atoms with Crippen molar-refractivity contribution in [2.75, 3.05) is 6.54 Å². The van der Waals surface area contributed by atoms with Crippen LogP contribution in [-0.2, 0) is 11.2 Å². The molecule has 0 spiro atoms. The van der Waals surface area contributed by atoms with Crippen LogP contribution in [0.5, 0.6) is 5.75 Å². The Morgan fingerprint density at radius 2 is 2.15 bits per heavy atom. The number of halogens is 1. The van der Waals surface area contributed by atoms with E-state index in [9.17, 15) is 4.79 Å². The summed E-state index contributed by atoms with van der Waals surface area (Å²) in [6.07, 6.45) is 1.10. The summed E-state index contributed by atoms with van der Waals surface area (Å²) in [4.78, 5) is 11.8. The average molecular weight is 343 g/mol. The molecule has 0 saturated carbocycles. The summed E-state index contributed by atoms with van der Waals surface area (Å²) in [6, 6.07) is 5.79. The number of nitrogens with one attached hydrogen (secondary N) is 1. The highest BCUT2D eigenvalue weighted by atomic mass is 79.9. The molecule has 1 amide bonds. The zero-order valence-electron chi connectivity index (χ0n) is 12.3. The first-order chi connectivity index (χ1) is 9.43. The quantitative estimate of drug-likeness (QED) is 0.800. The molecule has 0 saturated heterocycles. The summed E-state index contributed by atoms with van der Waals surface area (Å²) in [6.45, 7) is 6.38. The fraction of sp³-hybridized carbons (Fsp3) is 0.533. The van der Waals surface area contributed by atoms with Crippen LogP contribution in [0.1, 0.15) is 32.8 Å². The van der Waals surface area contributed by atoms with E-state index in [0.717, 1.165) is 16.5 Å². The molecule has 2 unspecified atom stereocenters. The molecule has 0 aromatic heterocycles. The molecule has 0 radical (unpaired) electrons. The lowest BCUT2D eigenvalue weighted by atomic mass is 10.1. The molecule has 0 aliphatic carbocycles. The second-order valence-corrected chi connectivity index (χ2v) is 5.90. The third-order valence-corrected chi connectivity index (χ3v) is 3.28. The van der Waals surface area contributed by atoms with Crippen LogP contribution in [0.3, 0.4) is 0 Å². The number of carbonyl (C=O) groups is 1. The van der Waals surface area contributed by atoms with Gasteiger partial charge in [-0.3, -0.25) is 4.79 Å². The number of hydrogen-bond acceptors (Lipinski definition) is 3. The lowest BCUT2D eigenvalue weighted by molar-refractivity contribution is -0.127. The van der Waals surface area contributed by atoms with E-state index in [4.69, 9.17) is 10.5 Å². The van der Waals surface area contributed by atoms with Gasteiger partial charge < -0.3 is 15.8 Å². The van der Waals surface area contributed by atoms with E-state index >= 15 is 0 Å². The Labute approximate surface area is 129 Å². The number of carbonyl (C=O) groups excluding carboxylic acids is 1. The predicted octanol–water partition coefficient (Wildman–Crippen LogP) is 2.63. The minimum Gasteiger partial charge on any atom is -0.481 e. The first-order valence-corrected chi connectivity index (χ1v) is 7.71. The third kappa shape index (κ3) is 5.51. The van der Waals surface area contributed by atoms with Crippen LogP contribution < -0.4 is 15.8 Å². The van der Waals surface area contributed by atoms with Gasteiger partial charge in [0.15, 0.2) is 6.10 Å². The highest BCUT2D eigenvalue weighted by molar-refractivity contribution is 9.10. The Kier molecular flexibility index (Phi) is 7.02. The van der Waals surface area contributed by atoms with Crippen molar-refractivity contribution in [3.8, 4) is 5.75 Å². The van der Waals surface area contributed by atoms with E-state index in [0.29, 0.717) is 18.7 Å². The van der Waals surface area contributed by atoms with E-state index in [-0.39, 0.29) is 11.9 Å². The Hall–Kier alpha value is -1.07. The Morgan fingerprint density at radius 3 is 2.75 bits per heavy atom. The van der Waals surface area contributed by atoms with Crippen LogP contribution in [0.15, 0.2) is 22.7 Å². The number of rotatable bonds is 7. The Balaban J connectivity index is 2.77. The summed E-state index contributed by atoms with van der Waals surface area (Å²) in [7, 11) is 0.